The second-order valence-electron chi connectivity index (χ2n) is 6.65. The second-order valence-corrected chi connectivity index (χ2v) is 8.90. The Balaban J connectivity index is 1.52. The number of aromatic nitrogens is 1. The summed E-state index contributed by atoms with van der Waals surface area (Å²) in [4.78, 5) is 20.2. The fraction of sp³-hybridized carbons (Fsp3) is 0.190. The minimum Gasteiger partial charge on any atom is -0.352 e. The van der Waals surface area contributed by atoms with Gasteiger partial charge < -0.3 is 15.5 Å². The summed E-state index contributed by atoms with van der Waals surface area (Å²) in [7, 11) is 0. The minimum atomic E-state index is -0.0635. The van der Waals surface area contributed by atoms with Crippen LogP contribution in [0.15, 0.2) is 70.6 Å². The molecule has 5 nitrogen and oxygen atoms in total. The Morgan fingerprint density at radius 1 is 1.24 bits per heavy atom. The van der Waals surface area contributed by atoms with E-state index in [1.54, 1.807) is 17.5 Å². The predicted molar refractivity (Wildman–Crippen MR) is 124 cm³/mol. The summed E-state index contributed by atoms with van der Waals surface area (Å²) in [5, 5.41) is 9.05. The molecule has 29 heavy (non-hydrogen) atoms. The van der Waals surface area contributed by atoms with E-state index in [0.717, 1.165) is 15.9 Å². The number of pyridine rings is 1. The van der Waals surface area contributed by atoms with Gasteiger partial charge in [-0.15, -0.1) is 11.3 Å². The van der Waals surface area contributed by atoms with Crippen molar-refractivity contribution in [2.75, 3.05) is 11.9 Å². The number of anilines is 1. The highest BCUT2D eigenvalue weighted by molar-refractivity contribution is 9.10. The molecule has 1 saturated heterocycles. The van der Waals surface area contributed by atoms with Crippen LogP contribution >= 0.6 is 39.5 Å². The maximum absolute atomic E-state index is 12.5. The zero-order valence-corrected chi connectivity index (χ0v) is 18.6. The third kappa shape index (κ3) is 4.66. The van der Waals surface area contributed by atoms with Crippen molar-refractivity contribution in [3.8, 4) is 0 Å². The molecule has 0 unspecified atom stereocenters. The third-order valence-electron chi connectivity index (χ3n) is 4.71. The van der Waals surface area contributed by atoms with Crippen LogP contribution in [0, 0.1) is 0 Å². The Morgan fingerprint density at radius 2 is 2.03 bits per heavy atom. The number of para-hydroxylation sites is 1. The van der Waals surface area contributed by atoms with Gasteiger partial charge in [0.05, 0.1) is 17.8 Å². The van der Waals surface area contributed by atoms with Crippen molar-refractivity contribution in [2.45, 2.75) is 18.5 Å². The molecule has 4 rings (SSSR count). The summed E-state index contributed by atoms with van der Waals surface area (Å²) >= 11 is 10.9. The fourth-order valence-corrected chi connectivity index (χ4v) is 5.33. The van der Waals surface area contributed by atoms with Gasteiger partial charge in [-0.05, 0) is 58.5 Å². The van der Waals surface area contributed by atoms with E-state index in [0.29, 0.717) is 18.1 Å². The Kier molecular flexibility index (Phi) is 6.22. The average molecular weight is 487 g/mol. The van der Waals surface area contributed by atoms with E-state index in [2.05, 4.69) is 47.9 Å². The highest BCUT2D eigenvalue weighted by Gasteiger charge is 2.40. The number of rotatable bonds is 6. The first kappa shape index (κ1) is 20.0. The maximum Gasteiger partial charge on any atom is 0.226 e. The van der Waals surface area contributed by atoms with E-state index >= 15 is 0 Å². The number of thiocarbonyl (C=S) groups is 1. The predicted octanol–water partition coefficient (Wildman–Crippen LogP) is 4.91. The molecule has 0 spiro atoms. The number of amides is 1. The van der Waals surface area contributed by atoms with Crippen LogP contribution in [0.4, 0.5) is 5.69 Å². The van der Waals surface area contributed by atoms with Crippen molar-refractivity contribution in [1.29, 1.82) is 0 Å². The van der Waals surface area contributed by atoms with Gasteiger partial charge in [-0.2, -0.15) is 0 Å². The lowest BCUT2D eigenvalue weighted by Gasteiger charge is -2.26. The maximum atomic E-state index is 12.5. The fourth-order valence-electron chi connectivity index (χ4n) is 3.41. The summed E-state index contributed by atoms with van der Waals surface area (Å²) in [5.41, 5.74) is 1.73. The topological polar surface area (TPSA) is 57.3 Å². The first-order chi connectivity index (χ1) is 14.1. The van der Waals surface area contributed by atoms with E-state index in [9.17, 15) is 4.79 Å². The molecule has 1 amide bonds. The van der Waals surface area contributed by atoms with Crippen LogP contribution in [-0.4, -0.2) is 27.4 Å². The Morgan fingerprint density at radius 3 is 2.72 bits per heavy atom. The van der Waals surface area contributed by atoms with E-state index in [1.807, 2.05) is 48.5 Å². The summed E-state index contributed by atoms with van der Waals surface area (Å²) in [6.07, 6.45) is 2.13. The second kappa shape index (κ2) is 9.02. The molecule has 0 bridgehead atoms. The van der Waals surface area contributed by atoms with E-state index in [-0.39, 0.29) is 18.0 Å². The third-order valence-corrected chi connectivity index (χ3v) is 6.83. The normalized spacial score (nSPS) is 18.5. The molecule has 0 aliphatic carbocycles. The number of carbonyl (C=O) groups is 1. The van der Waals surface area contributed by atoms with Crippen LogP contribution in [0.3, 0.4) is 0 Å². The summed E-state index contributed by atoms with van der Waals surface area (Å²) in [6.45, 7) is 0.522. The summed E-state index contributed by atoms with van der Waals surface area (Å²) < 4.78 is 1.04. The lowest BCUT2D eigenvalue weighted by atomic mass is 10.0. The van der Waals surface area contributed by atoms with Gasteiger partial charge in [-0.25, -0.2) is 0 Å². The smallest absolute Gasteiger partial charge is 0.226 e. The average Bonchev–Trinajstić information content (AvgIpc) is 3.30. The molecule has 3 aromatic rings. The van der Waals surface area contributed by atoms with Crippen LogP contribution in [-0.2, 0) is 4.79 Å². The van der Waals surface area contributed by atoms with Crippen molar-refractivity contribution in [2.24, 2.45) is 0 Å². The molecule has 1 fully saturated rings. The molecule has 2 atom stereocenters. The summed E-state index contributed by atoms with van der Waals surface area (Å²) in [5.74, 6) is -0.0357. The standard InChI is InChI=1S/C21H19BrN4OS2/c22-14-12-17(29-13-14)20-19(16-8-4-5-10-23-16)25-21(28)26(20)11-9-18(27)24-15-6-2-1-3-7-15/h1-8,10,12-13,19-20H,9,11H2,(H,24,27)(H,25,28)/t19-,20+/m0/s1. The number of nitrogens with one attached hydrogen (secondary N) is 2. The van der Waals surface area contributed by atoms with E-state index < -0.39 is 0 Å². The zero-order valence-electron chi connectivity index (χ0n) is 15.4. The number of hydrogen-bond acceptors (Lipinski definition) is 4. The van der Waals surface area contributed by atoms with Crippen molar-refractivity contribution >= 4 is 56.2 Å². The molecular formula is C21H19BrN4OS2. The molecule has 1 aliphatic heterocycles. The van der Waals surface area contributed by atoms with Crippen LogP contribution < -0.4 is 10.6 Å². The molecule has 8 heteroatoms. The molecule has 148 valence electrons. The van der Waals surface area contributed by atoms with Crippen molar-refractivity contribution in [3.05, 3.63) is 81.2 Å². The lowest BCUT2D eigenvalue weighted by molar-refractivity contribution is -0.116. The molecular weight excluding hydrogens is 468 g/mol. The van der Waals surface area contributed by atoms with Gasteiger partial charge in [0.25, 0.3) is 0 Å². The van der Waals surface area contributed by atoms with Gasteiger partial charge in [-0.1, -0.05) is 24.3 Å². The Labute approximate surface area is 187 Å². The number of hydrogen-bond donors (Lipinski definition) is 2. The minimum absolute atomic E-state index is 0.0155. The first-order valence-electron chi connectivity index (χ1n) is 9.19. The molecule has 0 radical (unpaired) electrons. The number of nitrogens with zero attached hydrogens (tertiary/aromatic N) is 2. The van der Waals surface area contributed by atoms with E-state index in [4.69, 9.17) is 12.2 Å². The monoisotopic (exact) mass is 486 g/mol. The molecule has 1 aromatic carbocycles. The largest absolute Gasteiger partial charge is 0.352 e. The molecule has 0 saturated carbocycles. The number of carbonyl (C=O) groups excluding carboxylic acids is 1. The Hall–Kier alpha value is -2.29. The van der Waals surface area contributed by atoms with Gasteiger partial charge in [0.1, 0.15) is 0 Å². The van der Waals surface area contributed by atoms with Crippen LogP contribution in [0.2, 0.25) is 0 Å². The quantitative estimate of drug-likeness (QED) is 0.484. The van der Waals surface area contributed by atoms with Gasteiger partial charge in [0.2, 0.25) is 5.91 Å². The summed E-state index contributed by atoms with van der Waals surface area (Å²) in [6, 6.07) is 17.4. The van der Waals surface area contributed by atoms with Gasteiger partial charge in [-0.3, -0.25) is 9.78 Å². The van der Waals surface area contributed by atoms with E-state index in [1.165, 1.54) is 4.88 Å². The Bertz CT molecular complexity index is 996. The highest BCUT2D eigenvalue weighted by atomic mass is 79.9. The van der Waals surface area contributed by atoms with Crippen molar-refractivity contribution < 1.29 is 4.79 Å². The van der Waals surface area contributed by atoms with Gasteiger partial charge >= 0.3 is 0 Å². The van der Waals surface area contributed by atoms with Gasteiger partial charge in [0.15, 0.2) is 5.11 Å². The molecule has 3 heterocycles. The van der Waals surface area contributed by atoms with Crippen LogP contribution in [0.1, 0.15) is 29.1 Å². The molecule has 1 aliphatic rings. The number of halogens is 1. The lowest BCUT2D eigenvalue weighted by Crippen LogP contribution is -2.32. The van der Waals surface area contributed by atoms with Gasteiger partial charge in [0, 0.05) is 39.6 Å². The number of thiophene rings is 1. The molecule has 2 N–H and O–H groups in total. The SMILES string of the molecule is O=C(CCN1C(=S)N[C@@H](c2ccccn2)[C@H]1c1cc(Br)cs1)Nc1ccccc1. The number of benzene rings is 1. The van der Waals surface area contributed by atoms with Crippen molar-refractivity contribution in [1.82, 2.24) is 15.2 Å². The highest BCUT2D eigenvalue weighted by Crippen LogP contribution is 2.41. The molecule has 2 aromatic heterocycles. The zero-order chi connectivity index (χ0) is 20.2. The first-order valence-corrected chi connectivity index (χ1v) is 11.3. The van der Waals surface area contributed by atoms with Crippen LogP contribution in [0.5, 0.6) is 0 Å². The van der Waals surface area contributed by atoms with Crippen LogP contribution in [0.25, 0.3) is 0 Å². The van der Waals surface area contributed by atoms with Crippen molar-refractivity contribution in [3.63, 3.8) is 0 Å².